The van der Waals surface area contributed by atoms with Crippen LogP contribution in [0.1, 0.15) is 41.1 Å². The number of methoxy groups -OCH3 is 1. The maximum atomic E-state index is 12.6. The van der Waals surface area contributed by atoms with Crippen molar-refractivity contribution < 1.29 is 9.53 Å². The second-order valence-corrected chi connectivity index (χ2v) is 8.55. The van der Waals surface area contributed by atoms with Crippen LogP contribution in [0, 0.1) is 0 Å². The van der Waals surface area contributed by atoms with E-state index in [0.29, 0.717) is 25.2 Å². The highest BCUT2D eigenvalue weighted by Gasteiger charge is 2.20. The molecule has 2 aromatic heterocycles. The van der Waals surface area contributed by atoms with Crippen molar-refractivity contribution in [3.63, 3.8) is 0 Å². The number of para-hydroxylation sites is 1. The molecule has 152 valence electrons. The van der Waals surface area contributed by atoms with Gasteiger partial charge in [0.1, 0.15) is 16.4 Å². The zero-order chi connectivity index (χ0) is 20.4. The summed E-state index contributed by atoms with van der Waals surface area (Å²) in [5, 5.41) is 0.757. The van der Waals surface area contributed by atoms with Crippen LogP contribution < -0.4 is 10.3 Å². The molecule has 0 spiro atoms. The average Bonchev–Trinajstić information content (AvgIpc) is 3.11. The summed E-state index contributed by atoms with van der Waals surface area (Å²) in [6.07, 6.45) is 5.03. The fourth-order valence-electron chi connectivity index (χ4n) is 3.92. The number of fused-ring (bicyclic) bond motifs is 3. The fraction of sp³-hybridized carbons (Fsp3) is 0.409. The molecule has 29 heavy (non-hydrogen) atoms. The molecule has 0 bridgehead atoms. The minimum Gasteiger partial charge on any atom is -0.496 e. The minimum atomic E-state index is -0.0702. The topological polar surface area (TPSA) is 75.3 Å². The highest BCUT2D eigenvalue weighted by molar-refractivity contribution is 7.18. The number of hydrogen-bond acceptors (Lipinski definition) is 5. The first-order valence-corrected chi connectivity index (χ1v) is 10.8. The molecule has 0 saturated heterocycles. The van der Waals surface area contributed by atoms with Crippen molar-refractivity contribution >= 4 is 27.5 Å². The molecule has 0 aliphatic heterocycles. The zero-order valence-electron chi connectivity index (χ0n) is 16.8. The monoisotopic (exact) mass is 411 g/mol. The summed E-state index contributed by atoms with van der Waals surface area (Å²) in [6.45, 7) is 0.476. The number of aromatic nitrogens is 2. The lowest BCUT2D eigenvalue weighted by molar-refractivity contribution is -0.130. The van der Waals surface area contributed by atoms with Crippen LogP contribution in [0.5, 0.6) is 5.75 Å². The standard InChI is InChI=1S/C22H25N3O3S/c1-25(13-14-7-3-5-9-16(14)28-2)19(26)12-11-18-23-21(27)20-15-8-4-6-10-17(15)29-22(20)24-18/h3,5,7,9H,4,6,8,10-13H2,1-2H3,(H,23,24,27). The highest BCUT2D eigenvalue weighted by Crippen LogP contribution is 2.33. The fourth-order valence-corrected chi connectivity index (χ4v) is 5.20. The molecule has 2 heterocycles. The number of aryl methyl sites for hydroxylation is 3. The number of aromatic amines is 1. The van der Waals surface area contributed by atoms with Gasteiger partial charge in [-0.15, -0.1) is 11.3 Å². The first-order valence-electron chi connectivity index (χ1n) is 9.96. The van der Waals surface area contributed by atoms with Crippen LogP contribution in [-0.4, -0.2) is 34.9 Å². The average molecular weight is 412 g/mol. The first kappa shape index (κ1) is 19.6. The Kier molecular flexibility index (Phi) is 5.67. The molecular formula is C22H25N3O3S. The largest absolute Gasteiger partial charge is 0.496 e. The number of rotatable bonds is 6. The van der Waals surface area contributed by atoms with Crippen LogP contribution in [-0.2, 0) is 30.6 Å². The molecule has 0 saturated carbocycles. The van der Waals surface area contributed by atoms with Crippen LogP contribution in [0.4, 0.5) is 0 Å². The van der Waals surface area contributed by atoms with Gasteiger partial charge < -0.3 is 14.6 Å². The molecule has 0 unspecified atom stereocenters. The number of ether oxygens (including phenoxy) is 1. The summed E-state index contributed by atoms with van der Waals surface area (Å²) < 4.78 is 5.36. The number of carbonyl (C=O) groups is 1. The van der Waals surface area contributed by atoms with E-state index in [4.69, 9.17) is 4.74 Å². The Bertz CT molecular complexity index is 1100. The molecular weight excluding hydrogens is 386 g/mol. The maximum absolute atomic E-state index is 12.6. The summed E-state index contributed by atoms with van der Waals surface area (Å²) in [5.74, 6) is 1.36. The summed E-state index contributed by atoms with van der Waals surface area (Å²) in [5.41, 5.74) is 2.08. The molecule has 0 atom stereocenters. The summed E-state index contributed by atoms with van der Waals surface area (Å²) in [7, 11) is 3.41. The van der Waals surface area contributed by atoms with E-state index in [2.05, 4.69) is 9.97 Å². The van der Waals surface area contributed by atoms with Gasteiger partial charge >= 0.3 is 0 Å². The first-order chi connectivity index (χ1) is 14.1. The number of benzene rings is 1. The van der Waals surface area contributed by atoms with E-state index in [-0.39, 0.29) is 11.5 Å². The third-order valence-electron chi connectivity index (χ3n) is 5.48. The molecule has 3 aromatic rings. The van der Waals surface area contributed by atoms with Crippen LogP contribution in [0.15, 0.2) is 29.1 Å². The lowest BCUT2D eigenvalue weighted by Crippen LogP contribution is -2.27. The number of nitrogens with zero attached hydrogens (tertiary/aromatic N) is 2. The van der Waals surface area contributed by atoms with Crippen molar-refractivity contribution in [2.75, 3.05) is 14.2 Å². The Labute approximate surface area is 173 Å². The van der Waals surface area contributed by atoms with Crippen molar-refractivity contribution in [1.82, 2.24) is 14.9 Å². The second kappa shape index (κ2) is 8.37. The van der Waals surface area contributed by atoms with Crippen LogP contribution in [0.2, 0.25) is 0 Å². The van der Waals surface area contributed by atoms with Gasteiger partial charge in [-0.2, -0.15) is 0 Å². The van der Waals surface area contributed by atoms with Crippen molar-refractivity contribution in [3.8, 4) is 5.75 Å². The van der Waals surface area contributed by atoms with Crippen molar-refractivity contribution in [1.29, 1.82) is 0 Å². The molecule has 6 nitrogen and oxygen atoms in total. The normalized spacial score (nSPS) is 13.3. The molecule has 1 aromatic carbocycles. The van der Waals surface area contributed by atoms with Crippen molar-refractivity contribution in [2.45, 2.75) is 45.1 Å². The van der Waals surface area contributed by atoms with Gasteiger partial charge in [0.25, 0.3) is 5.56 Å². The number of carbonyl (C=O) groups excluding carboxylic acids is 1. The van der Waals surface area contributed by atoms with Gasteiger partial charge in [-0.05, 0) is 37.3 Å². The van der Waals surface area contributed by atoms with E-state index in [0.717, 1.165) is 40.8 Å². The molecule has 1 N–H and O–H groups in total. The van der Waals surface area contributed by atoms with E-state index >= 15 is 0 Å². The molecule has 0 fully saturated rings. The number of nitrogens with one attached hydrogen (secondary N) is 1. The highest BCUT2D eigenvalue weighted by atomic mass is 32.1. The van der Waals surface area contributed by atoms with Gasteiger partial charge in [0.15, 0.2) is 0 Å². The third kappa shape index (κ3) is 4.05. The third-order valence-corrected chi connectivity index (χ3v) is 6.66. The summed E-state index contributed by atoms with van der Waals surface area (Å²) >= 11 is 1.63. The lowest BCUT2D eigenvalue weighted by Gasteiger charge is -2.18. The van der Waals surface area contributed by atoms with Crippen LogP contribution >= 0.6 is 11.3 Å². The quantitative estimate of drug-likeness (QED) is 0.674. The van der Waals surface area contributed by atoms with Gasteiger partial charge in [-0.25, -0.2) is 4.98 Å². The predicted molar refractivity (Wildman–Crippen MR) is 115 cm³/mol. The molecule has 1 aliphatic carbocycles. The Morgan fingerprint density at radius 3 is 2.90 bits per heavy atom. The smallest absolute Gasteiger partial charge is 0.259 e. The van der Waals surface area contributed by atoms with E-state index in [1.807, 2.05) is 24.3 Å². The van der Waals surface area contributed by atoms with Crippen molar-refractivity contribution in [2.24, 2.45) is 0 Å². The second-order valence-electron chi connectivity index (χ2n) is 7.47. The molecule has 1 amide bonds. The molecule has 0 radical (unpaired) electrons. The Hall–Kier alpha value is -2.67. The Morgan fingerprint density at radius 1 is 1.28 bits per heavy atom. The van der Waals surface area contributed by atoms with Crippen LogP contribution in [0.25, 0.3) is 10.2 Å². The SMILES string of the molecule is COc1ccccc1CN(C)C(=O)CCc1nc2sc3c(c2c(=O)[nH]1)CCCC3. The Morgan fingerprint density at radius 2 is 2.07 bits per heavy atom. The van der Waals surface area contributed by atoms with Gasteiger partial charge in [0, 0.05) is 36.9 Å². The Balaban J connectivity index is 1.45. The number of H-pyrrole nitrogens is 1. The van der Waals surface area contributed by atoms with E-state index in [1.54, 1.807) is 30.4 Å². The van der Waals surface area contributed by atoms with Crippen molar-refractivity contribution in [3.05, 3.63) is 56.4 Å². The van der Waals surface area contributed by atoms with E-state index in [1.165, 1.54) is 16.9 Å². The van der Waals surface area contributed by atoms with E-state index < -0.39 is 0 Å². The predicted octanol–water partition coefficient (Wildman–Crippen LogP) is 3.46. The van der Waals surface area contributed by atoms with Gasteiger partial charge in [-0.1, -0.05) is 18.2 Å². The van der Waals surface area contributed by atoms with Gasteiger partial charge in [0.05, 0.1) is 12.5 Å². The summed E-state index contributed by atoms with van der Waals surface area (Å²) in [4.78, 5) is 36.6. The maximum Gasteiger partial charge on any atom is 0.259 e. The zero-order valence-corrected chi connectivity index (χ0v) is 17.6. The number of amides is 1. The van der Waals surface area contributed by atoms with E-state index in [9.17, 15) is 9.59 Å². The lowest BCUT2D eigenvalue weighted by atomic mass is 9.97. The molecule has 7 heteroatoms. The van der Waals surface area contributed by atoms with Gasteiger partial charge in [-0.3, -0.25) is 9.59 Å². The molecule has 4 rings (SSSR count). The van der Waals surface area contributed by atoms with Crippen LogP contribution in [0.3, 0.4) is 0 Å². The summed E-state index contributed by atoms with van der Waals surface area (Å²) in [6, 6.07) is 7.68. The van der Waals surface area contributed by atoms with Gasteiger partial charge in [0.2, 0.25) is 5.91 Å². The number of hydrogen-bond donors (Lipinski definition) is 1. The number of thiophene rings is 1. The molecule has 1 aliphatic rings. The minimum absolute atomic E-state index is 0.00382.